The Morgan fingerprint density at radius 1 is 0.968 bits per heavy atom. The summed E-state index contributed by atoms with van der Waals surface area (Å²) in [6, 6.07) is 14.2. The van der Waals surface area contributed by atoms with E-state index in [-0.39, 0.29) is 30.1 Å². The average molecular weight is 442 g/mol. The smallest absolute Gasteiger partial charge is 0.255 e. The Hall–Kier alpha value is -3.06. The molecule has 2 saturated heterocycles. The Balaban J connectivity index is 1.35. The minimum absolute atomic E-state index is 0.0331. The van der Waals surface area contributed by atoms with Crippen molar-refractivity contribution in [2.24, 2.45) is 5.92 Å². The highest BCUT2D eigenvalue weighted by Gasteiger charge is 2.38. The second-order valence-corrected chi connectivity index (χ2v) is 8.11. The van der Waals surface area contributed by atoms with Gasteiger partial charge in [-0.2, -0.15) is 0 Å². The summed E-state index contributed by atoms with van der Waals surface area (Å²) in [6.45, 7) is 2.14. The van der Waals surface area contributed by atoms with Gasteiger partial charge in [-0.1, -0.05) is 23.7 Å². The number of benzene rings is 2. The molecule has 2 aromatic rings. The molecule has 2 aliphatic heterocycles. The van der Waals surface area contributed by atoms with Gasteiger partial charge in [0.05, 0.1) is 23.6 Å². The second-order valence-electron chi connectivity index (χ2n) is 7.70. The van der Waals surface area contributed by atoms with Crippen molar-refractivity contribution in [3.05, 3.63) is 59.1 Å². The number of nitrogens with zero attached hydrogens (tertiary/aromatic N) is 3. The van der Waals surface area contributed by atoms with Crippen LogP contribution in [0.25, 0.3) is 0 Å². The van der Waals surface area contributed by atoms with Crippen molar-refractivity contribution in [1.82, 2.24) is 9.80 Å². The zero-order chi connectivity index (χ0) is 22.0. The number of ether oxygens (including phenoxy) is 1. The first-order valence-electron chi connectivity index (χ1n) is 10.2. The first-order valence-corrected chi connectivity index (χ1v) is 10.6. The molecule has 8 heteroatoms. The van der Waals surface area contributed by atoms with Crippen molar-refractivity contribution in [3.63, 3.8) is 0 Å². The SMILES string of the molecule is COc1ccc(N2CC(C(=O)N3CCN(C(=O)c4ccccc4Cl)CC3)CC2=O)cc1. The molecule has 2 aliphatic rings. The van der Waals surface area contributed by atoms with Crippen LogP contribution in [0.4, 0.5) is 5.69 Å². The number of hydrogen-bond acceptors (Lipinski definition) is 4. The van der Waals surface area contributed by atoms with Gasteiger partial charge < -0.3 is 19.4 Å². The van der Waals surface area contributed by atoms with Crippen molar-refractivity contribution in [2.75, 3.05) is 44.7 Å². The van der Waals surface area contributed by atoms with Crippen molar-refractivity contribution in [2.45, 2.75) is 6.42 Å². The number of anilines is 1. The third kappa shape index (κ3) is 4.37. The number of rotatable bonds is 4. The fourth-order valence-corrected chi connectivity index (χ4v) is 4.29. The van der Waals surface area contributed by atoms with Crippen LogP contribution < -0.4 is 9.64 Å². The first kappa shape index (κ1) is 21.2. The second kappa shape index (κ2) is 8.98. The summed E-state index contributed by atoms with van der Waals surface area (Å²) in [7, 11) is 1.59. The number of amides is 3. The third-order valence-electron chi connectivity index (χ3n) is 5.84. The molecule has 0 spiro atoms. The fourth-order valence-electron chi connectivity index (χ4n) is 4.08. The molecule has 2 heterocycles. The zero-order valence-corrected chi connectivity index (χ0v) is 18.0. The Labute approximate surface area is 186 Å². The first-order chi connectivity index (χ1) is 15.0. The predicted octanol–water partition coefficient (Wildman–Crippen LogP) is 2.69. The van der Waals surface area contributed by atoms with E-state index >= 15 is 0 Å². The maximum absolute atomic E-state index is 13.0. The molecule has 2 aromatic carbocycles. The molecule has 3 amide bonds. The van der Waals surface area contributed by atoms with Gasteiger partial charge in [0.15, 0.2) is 0 Å². The molecule has 7 nitrogen and oxygen atoms in total. The average Bonchev–Trinajstić information content (AvgIpc) is 3.20. The summed E-state index contributed by atoms with van der Waals surface area (Å²) in [5.41, 5.74) is 1.23. The molecule has 31 heavy (non-hydrogen) atoms. The highest BCUT2D eigenvalue weighted by molar-refractivity contribution is 6.33. The predicted molar refractivity (Wildman–Crippen MR) is 117 cm³/mol. The third-order valence-corrected chi connectivity index (χ3v) is 6.17. The van der Waals surface area contributed by atoms with Crippen molar-refractivity contribution >= 4 is 35.0 Å². The van der Waals surface area contributed by atoms with Gasteiger partial charge in [0.2, 0.25) is 11.8 Å². The van der Waals surface area contributed by atoms with E-state index in [0.29, 0.717) is 49.1 Å². The van der Waals surface area contributed by atoms with Crippen LogP contribution in [0, 0.1) is 5.92 Å². The zero-order valence-electron chi connectivity index (χ0n) is 17.3. The van der Waals surface area contributed by atoms with Gasteiger partial charge in [-0.25, -0.2) is 0 Å². The summed E-state index contributed by atoms with van der Waals surface area (Å²) in [6.07, 6.45) is 0.198. The Morgan fingerprint density at radius 3 is 2.26 bits per heavy atom. The van der Waals surface area contributed by atoms with Gasteiger partial charge in [-0.05, 0) is 36.4 Å². The van der Waals surface area contributed by atoms with E-state index in [2.05, 4.69) is 0 Å². The molecule has 0 radical (unpaired) electrons. The minimum atomic E-state index is -0.375. The molecule has 0 N–H and O–H groups in total. The number of hydrogen-bond donors (Lipinski definition) is 0. The van der Waals surface area contributed by atoms with Gasteiger partial charge >= 0.3 is 0 Å². The Bertz CT molecular complexity index is 987. The summed E-state index contributed by atoms with van der Waals surface area (Å²) in [4.78, 5) is 43.4. The monoisotopic (exact) mass is 441 g/mol. The lowest BCUT2D eigenvalue weighted by molar-refractivity contribution is -0.137. The van der Waals surface area contributed by atoms with Crippen LogP contribution in [0.1, 0.15) is 16.8 Å². The largest absolute Gasteiger partial charge is 0.497 e. The van der Waals surface area contributed by atoms with Crippen LogP contribution in [0.5, 0.6) is 5.75 Å². The molecule has 2 fully saturated rings. The molecule has 0 bridgehead atoms. The topological polar surface area (TPSA) is 70.2 Å². The quantitative estimate of drug-likeness (QED) is 0.731. The van der Waals surface area contributed by atoms with E-state index in [0.717, 1.165) is 5.69 Å². The van der Waals surface area contributed by atoms with E-state index in [1.807, 2.05) is 12.1 Å². The Morgan fingerprint density at radius 2 is 1.61 bits per heavy atom. The molecule has 1 atom stereocenters. The summed E-state index contributed by atoms with van der Waals surface area (Å²) in [5.74, 6) is 0.123. The van der Waals surface area contributed by atoms with Crippen LogP contribution in [-0.2, 0) is 9.59 Å². The molecular formula is C23H24ClN3O4. The summed E-state index contributed by atoms with van der Waals surface area (Å²) in [5, 5.41) is 0.425. The number of carbonyl (C=O) groups is 3. The highest BCUT2D eigenvalue weighted by atomic mass is 35.5. The number of piperazine rings is 1. The minimum Gasteiger partial charge on any atom is -0.497 e. The standard InChI is InChI=1S/C23H24ClN3O4/c1-31-18-8-6-17(7-9-18)27-15-16(14-21(27)28)22(29)25-10-12-26(13-11-25)23(30)19-4-2-3-5-20(19)24/h2-9,16H,10-15H2,1H3. The van der Waals surface area contributed by atoms with Gasteiger partial charge in [-0.3, -0.25) is 14.4 Å². The number of halogens is 1. The molecule has 0 saturated carbocycles. The van der Waals surface area contributed by atoms with Gasteiger partial charge in [0, 0.05) is 44.8 Å². The fraction of sp³-hybridized carbons (Fsp3) is 0.348. The van der Waals surface area contributed by atoms with Crippen molar-refractivity contribution < 1.29 is 19.1 Å². The van der Waals surface area contributed by atoms with Crippen molar-refractivity contribution in [1.29, 1.82) is 0 Å². The molecule has 0 aliphatic carbocycles. The van der Waals surface area contributed by atoms with Crippen molar-refractivity contribution in [3.8, 4) is 5.75 Å². The van der Waals surface area contributed by atoms with Gasteiger partial charge in [0.25, 0.3) is 5.91 Å². The molecule has 4 rings (SSSR count). The van der Waals surface area contributed by atoms with Crippen LogP contribution in [-0.4, -0.2) is 67.4 Å². The lowest BCUT2D eigenvalue weighted by Crippen LogP contribution is -2.52. The van der Waals surface area contributed by atoms with E-state index in [1.165, 1.54) is 0 Å². The van der Waals surface area contributed by atoms with E-state index < -0.39 is 0 Å². The molecule has 1 unspecified atom stereocenters. The maximum Gasteiger partial charge on any atom is 0.255 e. The van der Waals surface area contributed by atoms with E-state index in [9.17, 15) is 14.4 Å². The summed E-state index contributed by atoms with van der Waals surface area (Å²) >= 11 is 6.14. The normalized spacial score (nSPS) is 19.0. The number of carbonyl (C=O) groups excluding carboxylic acids is 3. The summed E-state index contributed by atoms with van der Waals surface area (Å²) < 4.78 is 5.16. The van der Waals surface area contributed by atoms with Crippen LogP contribution in [0.3, 0.4) is 0 Å². The van der Waals surface area contributed by atoms with Crippen LogP contribution in [0.2, 0.25) is 5.02 Å². The maximum atomic E-state index is 13.0. The number of methoxy groups -OCH3 is 1. The van der Waals surface area contributed by atoms with Crippen LogP contribution in [0.15, 0.2) is 48.5 Å². The van der Waals surface area contributed by atoms with Crippen LogP contribution >= 0.6 is 11.6 Å². The van der Waals surface area contributed by atoms with Gasteiger partial charge in [0.1, 0.15) is 5.75 Å². The molecule has 0 aromatic heterocycles. The van der Waals surface area contributed by atoms with E-state index in [1.54, 1.807) is 58.2 Å². The lowest BCUT2D eigenvalue weighted by atomic mass is 10.1. The molecule has 162 valence electrons. The lowest BCUT2D eigenvalue weighted by Gasteiger charge is -2.36. The van der Waals surface area contributed by atoms with Gasteiger partial charge in [-0.15, -0.1) is 0 Å². The van der Waals surface area contributed by atoms with E-state index in [4.69, 9.17) is 16.3 Å². The Kier molecular flexibility index (Phi) is 6.13. The molecular weight excluding hydrogens is 418 g/mol. The highest BCUT2D eigenvalue weighted by Crippen LogP contribution is 2.28.